The molecule has 0 fully saturated rings. The van der Waals surface area contributed by atoms with Crippen molar-refractivity contribution in [1.29, 1.82) is 0 Å². The number of hydrogen-bond acceptors (Lipinski definition) is 2. The van der Waals surface area contributed by atoms with Gasteiger partial charge in [-0.1, -0.05) is 27.7 Å². The first kappa shape index (κ1) is 13.2. The topological polar surface area (TPSA) is 46.5 Å². The van der Waals surface area contributed by atoms with E-state index in [1.165, 1.54) is 0 Å². The minimum absolute atomic E-state index is 0.275. The Kier molecular flexibility index (Phi) is 5.86. The Balaban J connectivity index is 3.74. The van der Waals surface area contributed by atoms with Crippen LogP contribution in [0.3, 0.4) is 0 Å². The van der Waals surface area contributed by atoms with E-state index in [1.54, 1.807) is 0 Å². The van der Waals surface area contributed by atoms with E-state index in [-0.39, 0.29) is 6.16 Å². The van der Waals surface area contributed by atoms with E-state index >= 15 is 0 Å². The van der Waals surface area contributed by atoms with Crippen LogP contribution in [0.5, 0.6) is 0 Å². The van der Waals surface area contributed by atoms with Crippen LogP contribution in [0.4, 0.5) is 0 Å². The zero-order chi connectivity index (χ0) is 10.5. The summed E-state index contributed by atoms with van der Waals surface area (Å²) in [5.41, 5.74) is 0. The van der Waals surface area contributed by atoms with Crippen molar-refractivity contribution in [1.82, 2.24) is 0 Å². The van der Waals surface area contributed by atoms with Gasteiger partial charge in [-0.05, 0) is 18.3 Å². The first-order chi connectivity index (χ1) is 5.83. The Morgan fingerprint density at radius 3 is 2.15 bits per heavy atom. The summed E-state index contributed by atoms with van der Waals surface area (Å²) in [6.45, 7) is 8.35. The summed E-state index contributed by atoms with van der Waals surface area (Å²) in [4.78, 5) is 9.35. The largest absolute Gasteiger partial charge is 0.328 e. The third kappa shape index (κ3) is 8.48. The van der Waals surface area contributed by atoms with Crippen LogP contribution in [0, 0.1) is 11.8 Å². The Labute approximate surface area is 81.0 Å². The quantitative estimate of drug-likeness (QED) is 0.683. The molecule has 0 aromatic rings. The maximum atomic E-state index is 11.4. The van der Waals surface area contributed by atoms with E-state index in [0.29, 0.717) is 18.4 Å². The van der Waals surface area contributed by atoms with Crippen LogP contribution < -0.4 is 0 Å². The molecule has 0 amide bonds. The maximum Gasteiger partial charge on any atom is 0.328 e. The molecule has 0 aliphatic rings. The van der Waals surface area contributed by atoms with Crippen LogP contribution in [0.25, 0.3) is 0 Å². The molecule has 1 unspecified atom stereocenters. The van der Waals surface area contributed by atoms with Crippen LogP contribution in [0.1, 0.15) is 34.1 Å². The maximum absolute atomic E-state index is 11.4. The Bertz CT molecular complexity index is 162. The predicted octanol–water partition coefficient (Wildman–Crippen LogP) is 2.89. The highest BCUT2D eigenvalue weighted by atomic mass is 31.2. The average molecular weight is 208 g/mol. The second-order valence-corrected chi connectivity index (χ2v) is 6.21. The molecular weight excluding hydrogens is 187 g/mol. The van der Waals surface area contributed by atoms with Crippen LogP contribution in [0.2, 0.25) is 0 Å². The Morgan fingerprint density at radius 2 is 1.77 bits per heavy atom. The minimum Gasteiger partial charge on any atom is -0.324 e. The van der Waals surface area contributed by atoms with Gasteiger partial charge < -0.3 is 9.42 Å². The molecule has 1 N–H and O–H groups in total. The molecule has 0 radical (unpaired) electrons. The predicted molar refractivity (Wildman–Crippen MR) is 54.9 cm³/mol. The molecule has 80 valence electrons. The highest BCUT2D eigenvalue weighted by molar-refractivity contribution is 7.52. The lowest BCUT2D eigenvalue weighted by molar-refractivity contribution is 0.228. The summed E-state index contributed by atoms with van der Waals surface area (Å²) in [7, 11) is -3.30. The number of rotatable bonds is 6. The van der Waals surface area contributed by atoms with Crippen molar-refractivity contribution < 1.29 is 14.0 Å². The van der Waals surface area contributed by atoms with Crippen LogP contribution in [0.15, 0.2) is 0 Å². The molecular formula is C9H21O3P. The Hall–Kier alpha value is 0.150. The highest BCUT2D eigenvalue weighted by Gasteiger charge is 2.19. The van der Waals surface area contributed by atoms with Gasteiger partial charge in [0.25, 0.3) is 0 Å². The lowest BCUT2D eigenvalue weighted by atomic mass is 10.2. The molecule has 1 atom stereocenters. The van der Waals surface area contributed by atoms with Gasteiger partial charge in [0.05, 0.1) is 12.8 Å². The molecule has 0 aromatic carbocycles. The van der Waals surface area contributed by atoms with E-state index in [4.69, 9.17) is 4.52 Å². The lowest BCUT2D eigenvalue weighted by Gasteiger charge is -2.14. The fourth-order valence-corrected chi connectivity index (χ4v) is 2.25. The van der Waals surface area contributed by atoms with Crippen LogP contribution in [-0.4, -0.2) is 17.7 Å². The van der Waals surface area contributed by atoms with Crippen molar-refractivity contribution in [3.8, 4) is 0 Å². The third-order valence-corrected chi connectivity index (χ3v) is 2.97. The highest BCUT2D eigenvalue weighted by Crippen LogP contribution is 2.43. The smallest absolute Gasteiger partial charge is 0.324 e. The molecule has 0 aromatic heterocycles. The van der Waals surface area contributed by atoms with E-state index in [9.17, 15) is 9.46 Å². The zero-order valence-electron chi connectivity index (χ0n) is 8.99. The van der Waals surface area contributed by atoms with E-state index < -0.39 is 7.60 Å². The molecule has 0 bridgehead atoms. The fourth-order valence-electron chi connectivity index (χ4n) is 0.751. The fraction of sp³-hybridized carbons (Fsp3) is 1.00. The normalized spacial score (nSPS) is 16.5. The van der Waals surface area contributed by atoms with E-state index in [0.717, 1.165) is 6.42 Å². The standard InChI is InChI=1S/C9H21O3P/c1-8(2)5-6-13(10,11)12-7-9(3)4/h8-9H,5-7H2,1-4H3,(H,10,11). The van der Waals surface area contributed by atoms with Crippen LogP contribution >= 0.6 is 7.60 Å². The molecule has 0 aliphatic carbocycles. The first-order valence-corrected chi connectivity index (χ1v) is 6.56. The average Bonchev–Trinajstić information content (AvgIpc) is 1.98. The summed E-state index contributed by atoms with van der Waals surface area (Å²) in [6, 6.07) is 0. The molecule has 0 heterocycles. The van der Waals surface area contributed by atoms with Gasteiger partial charge in [0.15, 0.2) is 0 Å². The second kappa shape index (κ2) is 5.79. The van der Waals surface area contributed by atoms with Gasteiger partial charge in [0.1, 0.15) is 0 Å². The first-order valence-electron chi connectivity index (χ1n) is 4.80. The van der Waals surface area contributed by atoms with Crippen molar-refractivity contribution in [2.45, 2.75) is 34.1 Å². The summed E-state index contributed by atoms with van der Waals surface area (Å²) >= 11 is 0. The molecule has 0 rings (SSSR count). The van der Waals surface area contributed by atoms with Gasteiger partial charge in [-0.3, -0.25) is 4.57 Å². The van der Waals surface area contributed by atoms with Crippen molar-refractivity contribution in [3.05, 3.63) is 0 Å². The van der Waals surface area contributed by atoms with Gasteiger partial charge in [0, 0.05) is 0 Å². The van der Waals surface area contributed by atoms with Crippen molar-refractivity contribution in [2.75, 3.05) is 12.8 Å². The van der Waals surface area contributed by atoms with Gasteiger partial charge in [-0.15, -0.1) is 0 Å². The minimum atomic E-state index is -3.30. The van der Waals surface area contributed by atoms with Crippen molar-refractivity contribution in [2.24, 2.45) is 11.8 Å². The van der Waals surface area contributed by atoms with Gasteiger partial charge >= 0.3 is 7.60 Å². The monoisotopic (exact) mass is 208 g/mol. The molecule has 13 heavy (non-hydrogen) atoms. The molecule has 4 heteroatoms. The van der Waals surface area contributed by atoms with Gasteiger partial charge in [-0.2, -0.15) is 0 Å². The van der Waals surface area contributed by atoms with Crippen molar-refractivity contribution in [3.63, 3.8) is 0 Å². The van der Waals surface area contributed by atoms with E-state index in [2.05, 4.69) is 0 Å². The van der Waals surface area contributed by atoms with Gasteiger partial charge in [0.2, 0.25) is 0 Å². The third-order valence-electron chi connectivity index (χ3n) is 1.60. The molecule has 0 aliphatic heterocycles. The van der Waals surface area contributed by atoms with E-state index in [1.807, 2.05) is 27.7 Å². The molecule has 3 nitrogen and oxygen atoms in total. The van der Waals surface area contributed by atoms with Crippen LogP contribution in [-0.2, 0) is 9.09 Å². The molecule has 0 spiro atoms. The van der Waals surface area contributed by atoms with Crippen molar-refractivity contribution >= 4 is 7.60 Å². The molecule has 0 saturated carbocycles. The summed E-state index contributed by atoms with van der Waals surface area (Å²) in [5.74, 6) is 0.752. The lowest BCUT2D eigenvalue weighted by Crippen LogP contribution is -2.03. The summed E-state index contributed by atoms with van der Waals surface area (Å²) in [6.07, 6.45) is 1.02. The molecule has 0 saturated heterocycles. The second-order valence-electron chi connectivity index (χ2n) is 4.23. The van der Waals surface area contributed by atoms with Gasteiger partial charge in [-0.25, -0.2) is 0 Å². The Morgan fingerprint density at radius 1 is 1.23 bits per heavy atom. The SMILES string of the molecule is CC(C)CCP(=O)(O)OCC(C)C. The summed E-state index contributed by atoms with van der Waals surface area (Å²) < 4.78 is 16.3. The summed E-state index contributed by atoms with van der Waals surface area (Å²) in [5, 5.41) is 0. The zero-order valence-corrected chi connectivity index (χ0v) is 9.88. The number of hydrogen-bond donors (Lipinski definition) is 1.